The topological polar surface area (TPSA) is 74.8 Å². The van der Waals surface area contributed by atoms with Gasteiger partial charge in [0, 0.05) is 6.04 Å². The monoisotopic (exact) mass is 476 g/mol. The van der Waals surface area contributed by atoms with Crippen LogP contribution in [0.1, 0.15) is 50.3 Å². The number of carbonyl (C=O) groups excluding carboxylic acids is 2. The van der Waals surface area contributed by atoms with E-state index in [0.717, 1.165) is 16.0 Å². The van der Waals surface area contributed by atoms with Gasteiger partial charge in [0.25, 0.3) is 5.91 Å². The molecule has 6 nitrogen and oxygen atoms in total. The van der Waals surface area contributed by atoms with Gasteiger partial charge in [0.2, 0.25) is 15.9 Å². The highest BCUT2D eigenvalue weighted by Gasteiger charge is 2.48. The lowest BCUT2D eigenvalue weighted by atomic mass is 10.0. The molecule has 3 aromatic rings. The van der Waals surface area contributed by atoms with Crippen molar-refractivity contribution in [3.05, 3.63) is 96.1 Å². The zero-order chi connectivity index (χ0) is 24.5. The van der Waals surface area contributed by atoms with Crippen molar-refractivity contribution in [2.75, 3.05) is 4.90 Å². The second-order valence-electron chi connectivity index (χ2n) is 8.77. The molecule has 1 saturated heterocycles. The van der Waals surface area contributed by atoms with Gasteiger partial charge in [-0.2, -0.15) is 4.31 Å². The summed E-state index contributed by atoms with van der Waals surface area (Å²) in [5.41, 5.74) is 2.28. The van der Waals surface area contributed by atoms with Gasteiger partial charge >= 0.3 is 0 Å². The summed E-state index contributed by atoms with van der Waals surface area (Å²) in [6.45, 7) is 5.87. The number of amides is 2. The first-order valence-corrected chi connectivity index (χ1v) is 12.8. The van der Waals surface area contributed by atoms with Crippen LogP contribution in [-0.2, 0) is 19.6 Å². The number of rotatable bonds is 7. The minimum atomic E-state index is -4.08. The lowest BCUT2D eigenvalue weighted by Crippen LogP contribution is -2.46. The van der Waals surface area contributed by atoms with Crippen molar-refractivity contribution in [1.82, 2.24) is 4.31 Å². The van der Waals surface area contributed by atoms with E-state index in [0.29, 0.717) is 11.6 Å². The van der Waals surface area contributed by atoms with E-state index in [1.165, 1.54) is 16.4 Å². The van der Waals surface area contributed by atoms with Gasteiger partial charge in [0.15, 0.2) is 0 Å². The van der Waals surface area contributed by atoms with E-state index >= 15 is 0 Å². The van der Waals surface area contributed by atoms with Crippen molar-refractivity contribution in [2.45, 2.75) is 50.1 Å². The molecule has 0 radical (unpaired) electrons. The first-order chi connectivity index (χ1) is 16.2. The maximum atomic E-state index is 13.8. The summed E-state index contributed by atoms with van der Waals surface area (Å²) >= 11 is 0. The number of imide groups is 1. The van der Waals surface area contributed by atoms with Gasteiger partial charge in [-0.05, 0) is 48.2 Å². The van der Waals surface area contributed by atoms with Crippen LogP contribution in [0.15, 0.2) is 89.8 Å². The molecule has 0 aliphatic carbocycles. The molecule has 0 aromatic heterocycles. The first-order valence-electron chi connectivity index (χ1n) is 11.3. The van der Waals surface area contributed by atoms with Crippen molar-refractivity contribution >= 4 is 27.5 Å². The molecule has 34 heavy (non-hydrogen) atoms. The lowest BCUT2D eigenvalue weighted by molar-refractivity contribution is -0.122. The van der Waals surface area contributed by atoms with E-state index in [-0.39, 0.29) is 11.3 Å². The molecule has 176 valence electrons. The number of benzene rings is 3. The Morgan fingerprint density at radius 3 is 1.91 bits per heavy atom. The molecule has 0 spiro atoms. The maximum Gasteiger partial charge on any atom is 0.252 e. The van der Waals surface area contributed by atoms with Crippen LogP contribution in [0.25, 0.3) is 0 Å². The van der Waals surface area contributed by atoms with E-state index in [2.05, 4.69) is 13.8 Å². The van der Waals surface area contributed by atoms with E-state index < -0.39 is 33.9 Å². The molecule has 0 bridgehead atoms. The van der Waals surface area contributed by atoms with Crippen molar-refractivity contribution in [3.8, 4) is 0 Å². The molecule has 2 atom stereocenters. The van der Waals surface area contributed by atoms with Gasteiger partial charge in [0.05, 0.1) is 17.0 Å². The summed E-state index contributed by atoms with van der Waals surface area (Å²) in [5, 5.41) is 0. The first kappa shape index (κ1) is 23.9. The quantitative estimate of drug-likeness (QED) is 0.455. The highest BCUT2D eigenvalue weighted by Crippen LogP contribution is 2.35. The maximum absolute atomic E-state index is 13.8. The molecule has 2 amide bonds. The third kappa shape index (κ3) is 4.41. The average molecular weight is 477 g/mol. The van der Waals surface area contributed by atoms with Gasteiger partial charge in [0.1, 0.15) is 6.04 Å². The molecule has 0 N–H and O–H groups in total. The Kier molecular flexibility index (Phi) is 6.68. The van der Waals surface area contributed by atoms with Gasteiger partial charge < -0.3 is 0 Å². The van der Waals surface area contributed by atoms with Crippen LogP contribution in [0, 0.1) is 0 Å². The van der Waals surface area contributed by atoms with Crippen LogP contribution in [0.4, 0.5) is 5.69 Å². The summed E-state index contributed by atoms with van der Waals surface area (Å²) in [5.74, 6) is -0.643. The molecular weight excluding hydrogens is 448 g/mol. The predicted octanol–water partition coefficient (Wildman–Crippen LogP) is 4.89. The van der Waals surface area contributed by atoms with Crippen LogP contribution >= 0.6 is 0 Å². The smallest absolute Gasteiger partial charge is 0.252 e. The molecule has 0 saturated carbocycles. The SMILES string of the molecule is CC(C)c1ccc(N2C(=O)CC(N(C(C)c3ccccc3)S(=O)(=O)c3ccccc3)C2=O)cc1. The summed E-state index contributed by atoms with van der Waals surface area (Å²) in [6, 6.07) is 22.6. The largest absolute Gasteiger partial charge is 0.274 e. The van der Waals surface area contributed by atoms with Crippen molar-refractivity contribution in [2.24, 2.45) is 0 Å². The fourth-order valence-electron chi connectivity index (χ4n) is 4.33. The van der Waals surface area contributed by atoms with Crippen molar-refractivity contribution < 1.29 is 18.0 Å². The predicted molar refractivity (Wildman–Crippen MR) is 132 cm³/mol. The molecular formula is C27H28N2O4S. The Balaban J connectivity index is 1.76. The fourth-order valence-corrected chi connectivity index (χ4v) is 6.11. The molecule has 1 heterocycles. The van der Waals surface area contributed by atoms with Gasteiger partial charge in [-0.1, -0.05) is 74.5 Å². The highest BCUT2D eigenvalue weighted by molar-refractivity contribution is 7.89. The molecule has 1 aliphatic rings. The van der Waals surface area contributed by atoms with Crippen LogP contribution in [0.3, 0.4) is 0 Å². The molecule has 2 unspecified atom stereocenters. The lowest BCUT2D eigenvalue weighted by Gasteiger charge is -2.32. The third-order valence-electron chi connectivity index (χ3n) is 6.23. The average Bonchev–Trinajstić information content (AvgIpc) is 3.13. The van der Waals surface area contributed by atoms with E-state index in [1.807, 2.05) is 42.5 Å². The number of nitrogens with zero attached hydrogens (tertiary/aromatic N) is 2. The molecule has 1 aliphatic heterocycles. The Morgan fingerprint density at radius 1 is 0.794 bits per heavy atom. The van der Waals surface area contributed by atoms with Gasteiger partial charge in [-0.25, -0.2) is 13.3 Å². The number of anilines is 1. The second kappa shape index (κ2) is 9.52. The van der Waals surface area contributed by atoms with Crippen LogP contribution in [0.5, 0.6) is 0 Å². The van der Waals surface area contributed by atoms with Gasteiger partial charge in [-0.15, -0.1) is 0 Å². The van der Waals surface area contributed by atoms with Crippen molar-refractivity contribution in [3.63, 3.8) is 0 Å². The minimum absolute atomic E-state index is 0.0813. The molecule has 1 fully saturated rings. The number of hydrogen-bond donors (Lipinski definition) is 0. The van der Waals surface area contributed by atoms with Crippen LogP contribution in [-0.4, -0.2) is 30.6 Å². The van der Waals surface area contributed by atoms with E-state index in [1.54, 1.807) is 37.3 Å². The Bertz CT molecular complexity index is 1270. The van der Waals surface area contributed by atoms with Crippen molar-refractivity contribution in [1.29, 1.82) is 0 Å². The number of carbonyl (C=O) groups is 2. The standard InChI is InChI=1S/C27H28N2O4S/c1-19(2)21-14-16-23(17-15-21)28-26(30)18-25(27(28)31)29(20(3)22-10-6-4-7-11-22)34(32,33)24-12-8-5-9-13-24/h4-17,19-20,25H,18H2,1-3H3. The molecule has 7 heteroatoms. The third-order valence-corrected chi connectivity index (χ3v) is 8.22. The molecule has 4 rings (SSSR count). The fraction of sp³-hybridized carbons (Fsp3) is 0.259. The highest BCUT2D eigenvalue weighted by atomic mass is 32.2. The number of sulfonamides is 1. The van der Waals surface area contributed by atoms with E-state index in [9.17, 15) is 18.0 Å². The molecule has 3 aromatic carbocycles. The van der Waals surface area contributed by atoms with Crippen LogP contribution < -0.4 is 4.90 Å². The second-order valence-corrected chi connectivity index (χ2v) is 10.6. The normalized spacial score (nSPS) is 17.6. The Morgan fingerprint density at radius 2 is 1.35 bits per heavy atom. The number of hydrogen-bond acceptors (Lipinski definition) is 4. The summed E-state index contributed by atoms with van der Waals surface area (Å²) in [7, 11) is -4.08. The van der Waals surface area contributed by atoms with Crippen LogP contribution in [0.2, 0.25) is 0 Å². The Labute approximate surface area is 200 Å². The Hall–Kier alpha value is -3.29. The van der Waals surface area contributed by atoms with E-state index in [4.69, 9.17) is 0 Å². The zero-order valence-electron chi connectivity index (χ0n) is 19.5. The summed E-state index contributed by atoms with van der Waals surface area (Å²) < 4.78 is 28.8. The minimum Gasteiger partial charge on any atom is -0.274 e. The zero-order valence-corrected chi connectivity index (χ0v) is 20.3. The van der Waals surface area contributed by atoms with Gasteiger partial charge in [-0.3, -0.25) is 9.59 Å². The summed E-state index contributed by atoms with van der Waals surface area (Å²) in [6.07, 6.45) is -0.214. The summed E-state index contributed by atoms with van der Waals surface area (Å²) in [4.78, 5) is 27.8.